The van der Waals surface area contributed by atoms with Crippen LogP contribution in [0.1, 0.15) is 132 Å². The van der Waals surface area contributed by atoms with E-state index < -0.39 is 23.4 Å². The highest BCUT2D eigenvalue weighted by Gasteiger charge is 2.52. The predicted octanol–water partition coefficient (Wildman–Crippen LogP) is 13.3. The number of halogens is 4. The van der Waals surface area contributed by atoms with E-state index in [1.54, 1.807) is 36.8 Å². The molecule has 12 unspecified atom stereocenters. The monoisotopic (exact) mass is 1660 g/mol. The SMILES string of the molecule is Cc1ccc(NC2CC3CC2N(C(=O)c2cc(C)cnc2-c2ncc(F)cn2)C3)nc1.Cc1ccc(NC2CC3CC2N(C(=O)c2nc(C)ccc2-c2cnc(F)cn2)C3)nc1.Cc1ccc(NC2CC3CC2N(C(=O)c2nccc(C)c2-c2ncc(F)cn2)C3)nc1.Cc1ccc(NC2CC3CC2N(C(=O)c2ncccc2-c2ncc(F)cn2)C3)nc1. The number of amides is 4. The Hall–Kier alpha value is -13.7. The maximum absolute atomic E-state index is 13.6. The van der Waals surface area contributed by atoms with Crippen molar-refractivity contribution < 1.29 is 36.7 Å². The zero-order valence-corrected chi connectivity index (χ0v) is 68.7. The summed E-state index contributed by atoms with van der Waals surface area (Å²) < 4.78 is 53.1. The number of aromatic nitrogens is 16. The first-order valence-electron chi connectivity index (χ1n) is 41.3. The number of aryl methyl sites for hydroxylation is 7. The number of hydrogen-bond donors (Lipinski definition) is 4. The van der Waals surface area contributed by atoms with Crippen LogP contribution < -0.4 is 21.3 Å². The van der Waals surface area contributed by atoms with Crippen LogP contribution in [0.2, 0.25) is 0 Å². The molecule has 20 rings (SSSR count). The summed E-state index contributed by atoms with van der Waals surface area (Å²) >= 11 is 0. The molecule has 123 heavy (non-hydrogen) atoms. The van der Waals surface area contributed by atoms with E-state index in [0.29, 0.717) is 99.9 Å². The molecule has 8 fully saturated rings. The molecule has 0 radical (unpaired) electrons. The van der Waals surface area contributed by atoms with Crippen LogP contribution in [0.25, 0.3) is 45.6 Å². The van der Waals surface area contributed by atoms with E-state index in [2.05, 4.69) is 101 Å². The van der Waals surface area contributed by atoms with Crippen molar-refractivity contribution in [3.8, 4) is 45.6 Å². The number of carbonyl (C=O) groups is 4. The van der Waals surface area contributed by atoms with Crippen molar-refractivity contribution in [1.82, 2.24) is 99.3 Å². The number of nitrogens with zero attached hydrogens (tertiary/aromatic N) is 20. The third-order valence-electron chi connectivity index (χ3n) is 24.2. The molecule has 4 N–H and O–H groups in total. The van der Waals surface area contributed by atoms with Gasteiger partial charge in [-0.2, -0.15) is 4.39 Å². The van der Waals surface area contributed by atoms with Gasteiger partial charge in [0.1, 0.15) is 46.0 Å². The van der Waals surface area contributed by atoms with Crippen molar-refractivity contribution in [2.45, 2.75) is 148 Å². The number of pyridine rings is 8. The van der Waals surface area contributed by atoms with E-state index >= 15 is 0 Å². The van der Waals surface area contributed by atoms with Gasteiger partial charge in [0.15, 0.2) is 34.9 Å². The molecule has 32 heteroatoms. The van der Waals surface area contributed by atoms with Gasteiger partial charge < -0.3 is 40.9 Å². The van der Waals surface area contributed by atoms with Gasteiger partial charge in [0, 0.05) is 105 Å². The van der Waals surface area contributed by atoms with Crippen LogP contribution in [-0.2, 0) is 0 Å². The summed E-state index contributed by atoms with van der Waals surface area (Å²) in [4.78, 5) is 129. The molecule has 12 aromatic heterocycles. The zero-order chi connectivity index (χ0) is 85.3. The van der Waals surface area contributed by atoms with E-state index in [1.807, 2.05) is 160 Å². The Kier molecular flexibility index (Phi) is 23.4. The standard InChI is InChI=1S/3C23H23FN6O.C22H21FN6O/c1-13-3-6-21(27-9-13)29-17-7-15-8-19(17)30(12-15)23(31)22-16(5-4-14(2)28-22)18-10-26-20(24)11-25-18;1-13-3-4-20(25-8-13)29-18-6-15-7-19(18)30(12-15)23(31)17-5-14(2)9-26-21(17)22-27-10-16(24)11-28-22;1-13-3-4-19(26-9-13)29-17-7-15-8-18(17)30(12-15)23(31)21-20(14(2)5-6-25-21)22-27-10-16(24)11-28-22;1-13-4-5-19(25-9-13)28-17-7-14-8-18(17)29(12-14)22(30)20-16(3-2-6-24-20)21-26-10-15(23)11-27-21/h3-6,9-11,15,17,19H,7-8,12H2,1-2H3,(H,27,29);3-5,8-11,15,18-19H,6-7,12H2,1-2H3,(H,25,29);3-6,9-11,15,17-18H,7-8,12H2,1-2H3,(H,26,29);2-6,9-11,14,17-18H,7-8,12H2,1H3,(H,25,28). The number of hydrogen-bond acceptors (Lipinski definition) is 24. The fourth-order valence-electron chi connectivity index (χ4n) is 18.6. The van der Waals surface area contributed by atoms with Crippen molar-refractivity contribution in [3.63, 3.8) is 0 Å². The molecule has 0 aromatic carbocycles. The van der Waals surface area contributed by atoms with E-state index in [0.717, 1.165) is 164 Å². The highest BCUT2D eigenvalue weighted by molar-refractivity contribution is 6.02. The molecular formula is C91H90F4N24O4. The largest absolute Gasteiger partial charge is 0.365 e. The first kappa shape index (κ1) is 81.7. The van der Waals surface area contributed by atoms with E-state index in [4.69, 9.17) is 0 Å². The Morgan fingerprint density at radius 2 is 0.748 bits per heavy atom. The Balaban J connectivity index is 0.000000116. The van der Waals surface area contributed by atoms with Crippen LogP contribution in [0.3, 0.4) is 0 Å². The summed E-state index contributed by atoms with van der Waals surface area (Å²) in [6.07, 6.45) is 29.1. The molecular weight excluding hydrogens is 1570 g/mol. The quantitative estimate of drug-likeness (QED) is 0.0653. The molecule has 28 nitrogen and oxygen atoms in total. The lowest BCUT2D eigenvalue weighted by atomic mass is 10.0. The number of likely N-dealkylation sites (tertiary alicyclic amines) is 4. The van der Waals surface area contributed by atoms with Gasteiger partial charge in [0.25, 0.3) is 23.6 Å². The topological polar surface area (TPSA) is 336 Å². The number of anilines is 4. The summed E-state index contributed by atoms with van der Waals surface area (Å²) in [7, 11) is 0. The zero-order valence-electron chi connectivity index (χ0n) is 68.7. The van der Waals surface area contributed by atoms with Crippen LogP contribution >= 0.6 is 0 Å². The molecule has 4 saturated heterocycles. The second-order valence-corrected chi connectivity index (χ2v) is 33.2. The van der Waals surface area contributed by atoms with E-state index in [1.165, 1.54) is 6.20 Å². The summed E-state index contributed by atoms with van der Waals surface area (Å²) in [5, 5.41) is 14.0. The molecule has 4 aliphatic carbocycles. The minimum absolute atomic E-state index is 0.0740. The first-order chi connectivity index (χ1) is 59.5. The average molecular weight is 1660 g/mol. The maximum Gasteiger partial charge on any atom is 0.273 e. The lowest BCUT2D eigenvalue weighted by Crippen LogP contribution is -2.48. The number of rotatable bonds is 16. The Bertz CT molecular complexity index is 5560. The Morgan fingerprint density at radius 1 is 0.341 bits per heavy atom. The van der Waals surface area contributed by atoms with Gasteiger partial charge in [-0.25, -0.2) is 78.0 Å². The molecule has 0 spiro atoms. The van der Waals surface area contributed by atoms with Crippen molar-refractivity contribution >= 4 is 46.9 Å². The van der Waals surface area contributed by atoms with Gasteiger partial charge in [0.05, 0.1) is 96.1 Å². The fraction of sp³-hybridized carbons (Fsp3) is 0.341. The van der Waals surface area contributed by atoms with Gasteiger partial charge in [-0.05, 0) is 218 Å². The van der Waals surface area contributed by atoms with Crippen LogP contribution in [0.15, 0.2) is 178 Å². The maximum atomic E-state index is 13.6. The van der Waals surface area contributed by atoms with Crippen LogP contribution in [0, 0.1) is 95.5 Å². The summed E-state index contributed by atoms with van der Waals surface area (Å²) in [5.74, 6) is 3.23. The van der Waals surface area contributed by atoms with Gasteiger partial charge in [0.2, 0.25) is 5.95 Å². The normalized spacial score (nSPS) is 22.1. The van der Waals surface area contributed by atoms with Gasteiger partial charge in [-0.3, -0.25) is 34.1 Å². The molecule has 4 saturated carbocycles. The minimum atomic E-state index is -0.660. The minimum Gasteiger partial charge on any atom is -0.365 e. The molecule has 4 amide bonds. The lowest BCUT2D eigenvalue weighted by molar-refractivity contribution is 0.0679. The molecule has 4 aliphatic heterocycles. The van der Waals surface area contributed by atoms with Crippen molar-refractivity contribution in [2.24, 2.45) is 23.7 Å². The van der Waals surface area contributed by atoms with Crippen molar-refractivity contribution in [3.05, 3.63) is 263 Å². The molecule has 12 atom stereocenters. The molecule has 8 bridgehead atoms. The van der Waals surface area contributed by atoms with Gasteiger partial charge in [-0.15, -0.1) is 0 Å². The van der Waals surface area contributed by atoms with E-state index in [-0.39, 0.29) is 83.6 Å². The van der Waals surface area contributed by atoms with E-state index in [9.17, 15) is 36.7 Å². The second kappa shape index (κ2) is 35.2. The van der Waals surface area contributed by atoms with Gasteiger partial charge in [-0.1, -0.05) is 24.3 Å². The summed E-state index contributed by atoms with van der Waals surface area (Å²) in [6.45, 7) is 16.5. The number of carbonyl (C=O) groups excluding carboxylic acids is 4. The molecule has 8 aliphatic rings. The third-order valence-corrected chi connectivity index (χ3v) is 24.2. The van der Waals surface area contributed by atoms with Crippen molar-refractivity contribution in [1.29, 1.82) is 0 Å². The molecule has 16 heterocycles. The second-order valence-electron chi connectivity index (χ2n) is 33.2. The third kappa shape index (κ3) is 17.9. The molecule has 626 valence electrons. The Morgan fingerprint density at radius 3 is 1.17 bits per heavy atom. The summed E-state index contributed by atoms with van der Waals surface area (Å²) in [6, 6.07) is 27.6. The lowest BCUT2D eigenvalue weighted by Gasteiger charge is -2.34. The van der Waals surface area contributed by atoms with Crippen LogP contribution in [0.4, 0.5) is 40.8 Å². The first-order valence-corrected chi connectivity index (χ1v) is 41.3. The highest BCUT2D eigenvalue weighted by Crippen LogP contribution is 2.45. The van der Waals surface area contributed by atoms with Crippen LogP contribution in [0.5, 0.6) is 0 Å². The highest BCUT2D eigenvalue weighted by atomic mass is 19.1. The summed E-state index contributed by atoms with van der Waals surface area (Å²) in [5.41, 5.74) is 10.7. The predicted molar refractivity (Wildman–Crippen MR) is 451 cm³/mol. The smallest absolute Gasteiger partial charge is 0.273 e. The van der Waals surface area contributed by atoms with Crippen LogP contribution in [-0.4, -0.2) is 197 Å². The molecule has 12 aromatic rings. The van der Waals surface area contributed by atoms with Gasteiger partial charge >= 0.3 is 0 Å². The Labute approximate surface area is 707 Å². The number of fused-ring (bicyclic) bond motifs is 8. The van der Waals surface area contributed by atoms with Crippen molar-refractivity contribution in [2.75, 3.05) is 47.4 Å². The number of nitrogens with one attached hydrogen (secondary N) is 4. The number of piperidine rings is 4. The fourth-order valence-corrected chi connectivity index (χ4v) is 18.6. The average Bonchev–Trinajstić information content (AvgIpc) is 1.68.